The molecule has 0 atom stereocenters. The number of nitrogens with one attached hydrogen (secondary N) is 2. The van der Waals surface area contributed by atoms with Crippen molar-refractivity contribution in [3.05, 3.63) is 41.0 Å². The Morgan fingerprint density at radius 2 is 1.71 bits per heavy atom. The third-order valence-corrected chi connectivity index (χ3v) is 11.5. The fourth-order valence-electron chi connectivity index (χ4n) is 6.71. The first-order valence-corrected chi connectivity index (χ1v) is 20.0. The summed E-state index contributed by atoms with van der Waals surface area (Å²) in [4.78, 5) is 27.9. The average Bonchev–Trinajstić information content (AvgIpc) is 3.12. The van der Waals surface area contributed by atoms with E-state index in [4.69, 9.17) is 19.2 Å². The molecule has 4 aliphatic rings. The van der Waals surface area contributed by atoms with Gasteiger partial charge in [0, 0.05) is 83.7 Å². The number of hydrogen-bond acceptors (Lipinski definition) is 12. The first-order chi connectivity index (χ1) is 24.5. The first kappa shape index (κ1) is 36.8. The molecule has 4 aliphatic heterocycles. The maximum absolute atomic E-state index is 12.6. The highest BCUT2D eigenvalue weighted by Crippen LogP contribution is 2.42. The van der Waals surface area contributed by atoms with Crippen molar-refractivity contribution in [3.63, 3.8) is 0 Å². The maximum atomic E-state index is 12.6. The Morgan fingerprint density at radius 3 is 2.39 bits per heavy atom. The van der Waals surface area contributed by atoms with Gasteiger partial charge < -0.3 is 34.6 Å². The van der Waals surface area contributed by atoms with Gasteiger partial charge in [0.25, 0.3) is 0 Å². The number of anilines is 6. The summed E-state index contributed by atoms with van der Waals surface area (Å²) < 4.78 is 45.4. The number of sulfonamides is 1. The smallest absolute Gasteiger partial charge is 0.232 e. The van der Waals surface area contributed by atoms with Crippen molar-refractivity contribution in [1.82, 2.24) is 19.8 Å². The van der Waals surface area contributed by atoms with Crippen molar-refractivity contribution in [3.8, 4) is 17.2 Å². The van der Waals surface area contributed by atoms with Gasteiger partial charge in [-0.3, -0.25) is 14.0 Å². The van der Waals surface area contributed by atoms with Gasteiger partial charge in [-0.15, -0.1) is 0 Å². The fourth-order valence-corrected chi connectivity index (χ4v) is 7.51. The molecule has 1 amide bonds. The van der Waals surface area contributed by atoms with Gasteiger partial charge in [-0.25, -0.2) is 13.4 Å². The number of carbonyl (C=O) groups excluding carboxylic acids is 1. The van der Waals surface area contributed by atoms with Crippen molar-refractivity contribution in [1.29, 1.82) is 0 Å². The molecule has 3 aromatic rings. The molecule has 7 rings (SSSR count). The highest BCUT2D eigenvalue weighted by molar-refractivity contribution is 9.10. The minimum atomic E-state index is -3.57. The Morgan fingerprint density at radius 1 is 0.980 bits per heavy atom. The molecular weight excluding hydrogens is 740 g/mol. The number of halogens is 1. The molecule has 14 nitrogen and oxygen atoms in total. The summed E-state index contributed by atoms with van der Waals surface area (Å²) in [5, 5.41) is 6.60. The lowest BCUT2D eigenvalue weighted by atomic mass is 10.0. The zero-order valence-corrected chi connectivity index (χ0v) is 32.1. The average molecular weight is 788 g/mol. The van der Waals surface area contributed by atoms with E-state index in [0.717, 1.165) is 89.1 Å². The monoisotopic (exact) mass is 786 g/mol. The third-order valence-electron chi connectivity index (χ3n) is 9.73. The van der Waals surface area contributed by atoms with Gasteiger partial charge >= 0.3 is 0 Å². The zero-order valence-electron chi connectivity index (χ0n) is 29.7. The van der Waals surface area contributed by atoms with E-state index in [1.54, 1.807) is 32.4 Å². The molecule has 6 bridgehead atoms. The molecule has 0 aliphatic carbocycles. The number of carbonyl (C=O) groups is 1. The first-order valence-electron chi connectivity index (χ1n) is 17.4. The van der Waals surface area contributed by atoms with Crippen LogP contribution >= 0.6 is 15.9 Å². The quantitative estimate of drug-likeness (QED) is 0.351. The largest absolute Gasteiger partial charge is 0.494 e. The van der Waals surface area contributed by atoms with E-state index in [9.17, 15) is 13.2 Å². The number of hydrogen-bond donors (Lipinski definition) is 2. The van der Waals surface area contributed by atoms with Crippen LogP contribution < -0.4 is 34.0 Å². The van der Waals surface area contributed by atoms with Crippen LogP contribution in [-0.2, 0) is 14.8 Å². The van der Waals surface area contributed by atoms with Gasteiger partial charge in [0.15, 0.2) is 0 Å². The molecule has 0 saturated carbocycles. The van der Waals surface area contributed by atoms with E-state index in [2.05, 4.69) is 41.3 Å². The van der Waals surface area contributed by atoms with Crippen LogP contribution in [0.1, 0.15) is 39.0 Å². The standard InChI is InChI=1S/C35H47BrN8O6S/c1-24(45)42-14-16-43(17-15-42)25-10-12-44(13-11-25)31-22-32(48-3)29-21-33(31)50-19-7-5-6-18-49-26-8-9-28(30(20-26)41(2)51(4,46)47)38-34-27(36)23-37-35(39-29)40-34/h8-9,20-23,25H,5-7,10-19H2,1-4H3,(H2,37,38,39,40). The molecule has 0 radical (unpaired) electrons. The van der Waals surface area contributed by atoms with E-state index in [1.807, 2.05) is 23.1 Å². The topological polar surface area (TPSA) is 142 Å². The molecule has 0 spiro atoms. The molecule has 1 aromatic heterocycles. The lowest BCUT2D eigenvalue weighted by Gasteiger charge is -2.43. The van der Waals surface area contributed by atoms with Crippen LogP contribution in [0.3, 0.4) is 0 Å². The summed E-state index contributed by atoms with van der Waals surface area (Å²) in [7, 11) is -0.425. The number of benzene rings is 2. The van der Waals surface area contributed by atoms with Crippen molar-refractivity contribution in [2.45, 2.75) is 45.1 Å². The number of ether oxygens (including phenoxy) is 3. The predicted octanol–water partition coefficient (Wildman–Crippen LogP) is 5.21. The van der Waals surface area contributed by atoms with Crippen LogP contribution in [-0.4, -0.2) is 113 Å². The highest BCUT2D eigenvalue weighted by Gasteiger charge is 2.30. The predicted molar refractivity (Wildman–Crippen MR) is 203 cm³/mol. The summed E-state index contributed by atoms with van der Waals surface area (Å²) in [6.07, 6.45) is 7.36. The van der Waals surface area contributed by atoms with E-state index < -0.39 is 10.0 Å². The second-order valence-electron chi connectivity index (χ2n) is 13.1. The van der Waals surface area contributed by atoms with Crippen molar-refractivity contribution < 1.29 is 27.4 Å². The highest BCUT2D eigenvalue weighted by atomic mass is 79.9. The number of fused-ring (bicyclic) bond motifs is 8. The molecule has 2 fully saturated rings. The molecule has 5 heterocycles. The minimum Gasteiger partial charge on any atom is -0.494 e. The van der Waals surface area contributed by atoms with Crippen LogP contribution in [0.4, 0.5) is 34.5 Å². The Labute approximate surface area is 308 Å². The van der Waals surface area contributed by atoms with Crippen LogP contribution in [0.15, 0.2) is 41.0 Å². The number of amides is 1. The van der Waals surface area contributed by atoms with Crippen LogP contribution in [0.5, 0.6) is 17.2 Å². The Balaban J connectivity index is 1.27. The molecule has 16 heteroatoms. The second-order valence-corrected chi connectivity index (χ2v) is 16.0. The second kappa shape index (κ2) is 16.1. The molecule has 51 heavy (non-hydrogen) atoms. The Kier molecular flexibility index (Phi) is 11.6. The van der Waals surface area contributed by atoms with Crippen molar-refractivity contribution >= 4 is 66.4 Å². The van der Waals surface area contributed by atoms with Gasteiger partial charge in [0.2, 0.25) is 21.9 Å². The minimum absolute atomic E-state index is 0.152. The van der Waals surface area contributed by atoms with Gasteiger partial charge in [0.1, 0.15) is 23.1 Å². The fraction of sp³-hybridized carbons (Fsp3) is 0.514. The van der Waals surface area contributed by atoms with Gasteiger partial charge in [-0.05, 0) is 60.2 Å². The van der Waals surface area contributed by atoms with Crippen LogP contribution in [0.25, 0.3) is 0 Å². The number of rotatable bonds is 5. The summed E-state index contributed by atoms with van der Waals surface area (Å²) >= 11 is 3.54. The van der Waals surface area contributed by atoms with Crippen LogP contribution in [0.2, 0.25) is 0 Å². The van der Waals surface area contributed by atoms with E-state index in [1.165, 1.54) is 11.4 Å². The van der Waals surface area contributed by atoms with Gasteiger partial charge in [-0.2, -0.15) is 4.98 Å². The summed E-state index contributed by atoms with van der Waals surface area (Å²) in [6, 6.07) is 9.76. The van der Waals surface area contributed by atoms with E-state index in [0.29, 0.717) is 64.1 Å². The number of nitrogens with zero attached hydrogens (tertiary/aromatic N) is 6. The van der Waals surface area contributed by atoms with E-state index in [-0.39, 0.29) is 5.91 Å². The number of piperazine rings is 1. The van der Waals surface area contributed by atoms with Crippen LogP contribution in [0, 0.1) is 0 Å². The van der Waals surface area contributed by atoms with E-state index >= 15 is 0 Å². The number of aromatic nitrogens is 2. The Bertz CT molecular complexity index is 1820. The molecule has 2 saturated heterocycles. The molecule has 2 aromatic carbocycles. The molecule has 0 unspecified atom stereocenters. The summed E-state index contributed by atoms with van der Waals surface area (Å²) in [5.41, 5.74) is 2.58. The summed E-state index contributed by atoms with van der Waals surface area (Å²) in [6.45, 7) is 7.82. The molecular formula is C35H47BrN8O6S. The maximum Gasteiger partial charge on any atom is 0.232 e. The van der Waals surface area contributed by atoms with Gasteiger partial charge in [-0.1, -0.05) is 0 Å². The zero-order chi connectivity index (χ0) is 36.1. The lowest BCUT2D eigenvalue weighted by molar-refractivity contribution is -0.130. The Hall–Kier alpha value is -4.02. The summed E-state index contributed by atoms with van der Waals surface area (Å²) in [5.74, 6) is 2.83. The third kappa shape index (κ3) is 8.90. The van der Waals surface area contributed by atoms with Gasteiger partial charge in [0.05, 0.1) is 53.8 Å². The number of methoxy groups -OCH3 is 1. The normalized spacial score (nSPS) is 17.9. The SMILES string of the molecule is COc1cc(N2CCC(N3CCN(C(C)=O)CC3)CC2)c2cc1Nc1ncc(Br)c(n1)Nc1ccc(cc1N(C)S(C)(=O)=O)OCCCCCO2. The molecule has 276 valence electrons. The van der Waals surface area contributed by atoms with Crippen molar-refractivity contribution in [2.75, 3.05) is 92.7 Å². The molecule has 2 N–H and O–H groups in total. The number of piperidine rings is 1. The van der Waals surface area contributed by atoms with Crippen molar-refractivity contribution in [2.24, 2.45) is 0 Å². The lowest BCUT2D eigenvalue weighted by Crippen LogP contribution is -2.54.